The molecule has 0 aromatic heterocycles. The molecule has 27 heavy (non-hydrogen) atoms. The van der Waals surface area contributed by atoms with Gasteiger partial charge in [-0.2, -0.15) is 0 Å². The summed E-state index contributed by atoms with van der Waals surface area (Å²) in [5.41, 5.74) is 3.85. The van der Waals surface area contributed by atoms with Crippen molar-refractivity contribution in [2.24, 2.45) is 0 Å². The van der Waals surface area contributed by atoms with Gasteiger partial charge in [0.2, 0.25) is 0 Å². The van der Waals surface area contributed by atoms with Crippen LogP contribution in [0.3, 0.4) is 0 Å². The Morgan fingerprint density at radius 2 is 1.22 bits per heavy atom. The fourth-order valence-electron chi connectivity index (χ4n) is 4.54. The zero-order valence-corrected chi connectivity index (χ0v) is 18.1. The van der Waals surface area contributed by atoms with E-state index in [2.05, 4.69) is 97.9 Å². The molecule has 1 fully saturated rings. The maximum absolute atomic E-state index is 6.81. The van der Waals surface area contributed by atoms with Crippen LogP contribution in [0.5, 0.6) is 0 Å². The van der Waals surface area contributed by atoms with Crippen molar-refractivity contribution < 1.29 is 4.74 Å². The van der Waals surface area contributed by atoms with Crippen molar-refractivity contribution in [1.82, 2.24) is 0 Å². The molecule has 0 saturated carbocycles. The van der Waals surface area contributed by atoms with E-state index < -0.39 is 0 Å². The molecule has 2 heteroatoms. The average molecular weight is 470 g/mol. The molecule has 0 radical (unpaired) electrons. The molecule has 0 amide bonds. The van der Waals surface area contributed by atoms with E-state index >= 15 is 0 Å². The van der Waals surface area contributed by atoms with Crippen molar-refractivity contribution in [3.63, 3.8) is 0 Å². The van der Waals surface area contributed by atoms with Gasteiger partial charge in [-0.1, -0.05) is 0 Å². The van der Waals surface area contributed by atoms with Crippen LogP contribution in [0.25, 0.3) is 0 Å². The zero-order chi connectivity index (χ0) is 18.6. The van der Waals surface area contributed by atoms with Crippen LogP contribution in [0.4, 0.5) is 0 Å². The Bertz CT molecular complexity index is 804. The summed E-state index contributed by atoms with van der Waals surface area (Å²) >= 11 is -0.374. The second-order valence-electron chi connectivity index (χ2n) is 6.99. The van der Waals surface area contributed by atoms with Crippen molar-refractivity contribution in [3.8, 4) is 0 Å². The van der Waals surface area contributed by atoms with Crippen LogP contribution in [-0.4, -0.2) is 27.5 Å². The quantitative estimate of drug-likeness (QED) is 0.430. The molecule has 1 heterocycles. The summed E-state index contributed by atoms with van der Waals surface area (Å²) in [6, 6.07) is 33.2. The molecular weight excluding hydrogens is 444 g/mol. The zero-order valence-electron chi connectivity index (χ0n) is 15.8. The van der Waals surface area contributed by atoms with Gasteiger partial charge in [0, 0.05) is 0 Å². The normalized spacial score (nSPS) is 21.7. The van der Waals surface area contributed by atoms with Crippen molar-refractivity contribution >= 4 is 20.9 Å². The van der Waals surface area contributed by atoms with Crippen molar-refractivity contribution in [2.45, 2.75) is 33.3 Å². The number of hydrogen-bond donors (Lipinski definition) is 0. The van der Waals surface area contributed by atoms with Crippen LogP contribution >= 0.6 is 0 Å². The van der Waals surface area contributed by atoms with E-state index in [0.717, 1.165) is 13.0 Å². The van der Waals surface area contributed by atoms with Crippen LogP contribution in [-0.2, 0) is 13.8 Å². The Morgan fingerprint density at radius 1 is 0.741 bits per heavy atom. The Morgan fingerprint density at radius 3 is 1.70 bits per heavy atom. The van der Waals surface area contributed by atoms with Gasteiger partial charge >= 0.3 is 173 Å². The molecule has 3 aromatic carbocycles. The van der Waals surface area contributed by atoms with Gasteiger partial charge in [-0.15, -0.1) is 0 Å². The van der Waals surface area contributed by atoms with Gasteiger partial charge in [-0.25, -0.2) is 0 Å². The Kier molecular flexibility index (Phi) is 5.69. The molecule has 1 saturated heterocycles. The van der Waals surface area contributed by atoms with Gasteiger partial charge in [-0.3, -0.25) is 0 Å². The fourth-order valence-corrected chi connectivity index (χ4v) is 9.43. The molecule has 0 aliphatic carbocycles. The first-order valence-electron chi connectivity index (χ1n) is 9.78. The number of rotatable bonds is 5. The van der Waals surface area contributed by atoms with Gasteiger partial charge in [0.15, 0.2) is 0 Å². The first kappa shape index (κ1) is 18.8. The Labute approximate surface area is 172 Å². The molecule has 3 aromatic rings. The summed E-state index contributed by atoms with van der Waals surface area (Å²) in [6.07, 6.45) is 2.32. The van der Waals surface area contributed by atoms with E-state index in [1.54, 1.807) is 0 Å². The summed E-state index contributed by atoms with van der Waals surface area (Å²) in [4.78, 5) is 0. The second-order valence-corrected chi connectivity index (χ2v) is 10.7. The van der Waals surface area contributed by atoms with Gasteiger partial charge in [0.1, 0.15) is 0 Å². The molecule has 0 N–H and O–H groups in total. The standard InChI is InChI=1S/C25H26OTe/c1-2-26-24(21-13-6-3-7-14-21)19-12-20-27-25(24,22-15-8-4-9-16-22)23-17-10-5-11-18-23/h3-11,13-18H,2,12,19-20H2,1H3. The second kappa shape index (κ2) is 8.19. The van der Waals surface area contributed by atoms with Crippen LogP contribution in [0, 0.1) is 0 Å². The van der Waals surface area contributed by atoms with Crippen LogP contribution in [0.15, 0.2) is 91.0 Å². The third-order valence-corrected chi connectivity index (χ3v) is 10.5. The third kappa shape index (κ3) is 3.15. The van der Waals surface area contributed by atoms with Crippen LogP contribution in [0.2, 0.25) is 4.47 Å². The van der Waals surface area contributed by atoms with Gasteiger partial charge in [0.05, 0.1) is 0 Å². The predicted molar refractivity (Wildman–Crippen MR) is 113 cm³/mol. The molecule has 4 rings (SSSR count). The van der Waals surface area contributed by atoms with Gasteiger partial charge in [-0.05, 0) is 0 Å². The summed E-state index contributed by atoms with van der Waals surface area (Å²) < 4.78 is 8.10. The molecule has 1 unspecified atom stereocenters. The number of hydrogen-bond acceptors (Lipinski definition) is 1. The Hall–Kier alpha value is -1.59. The van der Waals surface area contributed by atoms with E-state index in [1.807, 2.05) is 0 Å². The molecule has 138 valence electrons. The topological polar surface area (TPSA) is 9.23 Å². The predicted octanol–water partition coefficient (Wildman–Crippen LogP) is 5.78. The molecule has 0 bridgehead atoms. The monoisotopic (exact) mass is 472 g/mol. The molecule has 0 spiro atoms. The maximum atomic E-state index is 6.81. The van der Waals surface area contributed by atoms with E-state index in [-0.39, 0.29) is 30.0 Å². The van der Waals surface area contributed by atoms with Crippen molar-refractivity contribution in [3.05, 3.63) is 108 Å². The molecule has 1 atom stereocenters. The number of ether oxygens (including phenoxy) is 1. The minimum atomic E-state index is -0.374. The first-order valence-corrected chi connectivity index (χ1v) is 12.6. The molecule has 1 nitrogen and oxygen atoms in total. The SMILES string of the molecule is CCOC1(c2ccccc2)CCC[Te]C1(c1ccccc1)c1ccccc1. The van der Waals surface area contributed by atoms with Gasteiger partial charge in [0.25, 0.3) is 0 Å². The number of benzene rings is 3. The Balaban J connectivity index is 2.05. The summed E-state index contributed by atoms with van der Waals surface area (Å²) in [5.74, 6) is 0. The average Bonchev–Trinajstić information content (AvgIpc) is 2.76. The third-order valence-electron chi connectivity index (χ3n) is 5.55. The molecule has 1 aliphatic rings. The van der Waals surface area contributed by atoms with Gasteiger partial charge < -0.3 is 0 Å². The summed E-state index contributed by atoms with van der Waals surface area (Å²) in [7, 11) is 0. The fraction of sp³-hybridized carbons (Fsp3) is 0.280. The molecule has 1 aliphatic heterocycles. The van der Waals surface area contributed by atoms with E-state index in [1.165, 1.54) is 27.6 Å². The van der Waals surface area contributed by atoms with Crippen molar-refractivity contribution in [1.29, 1.82) is 0 Å². The van der Waals surface area contributed by atoms with E-state index in [4.69, 9.17) is 4.74 Å². The van der Waals surface area contributed by atoms with E-state index in [0.29, 0.717) is 0 Å². The van der Waals surface area contributed by atoms with Crippen LogP contribution in [0.1, 0.15) is 36.5 Å². The summed E-state index contributed by atoms with van der Waals surface area (Å²) in [6.45, 7) is 2.86. The van der Waals surface area contributed by atoms with Crippen LogP contribution < -0.4 is 0 Å². The molecular formula is C25H26OTe. The minimum absolute atomic E-state index is 0.0594. The van der Waals surface area contributed by atoms with Crippen molar-refractivity contribution in [2.75, 3.05) is 6.61 Å². The van der Waals surface area contributed by atoms with E-state index in [9.17, 15) is 0 Å². The summed E-state index contributed by atoms with van der Waals surface area (Å²) in [5, 5.41) is 0. The first-order chi connectivity index (χ1) is 13.3.